The van der Waals surface area contributed by atoms with Gasteiger partial charge in [-0.25, -0.2) is 8.42 Å². The standard InChI is InChI=1S/C23H29ClF3NO2S/c1-12(2)16-10-17(13(3)4)22(18(11-16)14(5)6)31(29,30)28-20-9-15(7)8-19(21(20)24)23(25,26)27/h8-14,28H,1-7H3. The molecule has 0 aromatic heterocycles. The molecule has 0 saturated heterocycles. The topological polar surface area (TPSA) is 46.2 Å². The summed E-state index contributed by atoms with van der Waals surface area (Å²) in [4.78, 5) is 0.105. The van der Waals surface area contributed by atoms with Crippen LogP contribution < -0.4 is 4.72 Å². The summed E-state index contributed by atoms with van der Waals surface area (Å²) < 4.78 is 69.4. The van der Waals surface area contributed by atoms with Gasteiger partial charge in [-0.1, -0.05) is 65.3 Å². The Balaban J connectivity index is 2.76. The predicted octanol–water partition coefficient (Wildman–Crippen LogP) is 7.84. The molecule has 0 spiro atoms. The van der Waals surface area contributed by atoms with E-state index in [1.165, 1.54) is 13.0 Å². The molecule has 0 saturated carbocycles. The van der Waals surface area contributed by atoms with Gasteiger partial charge in [0.15, 0.2) is 0 Å². The highest BCUT2D eigenvalue weighted by Crippen LogP contribution is 2.41. The Morgan fingerprint density at radius 2 is 1.35 bits per heavy atom. The van der Waals surface area contributed by atoms with Crippen LogP contribution in [0.2, 0.25) is 5.02 Å². The quantitative estimate of drug-likeness (QED) is 0.462. The van der Waals surface area contributed by atoms with Crippen molar-refractivity contribution in [1.29, 1.82) is 0 Å². The Labute approximate surface area is 188 Å². The molecule has 172 valence electrons. The van der Waals surface area contributed by atoms with E-state index >= 15 is 0 Å². The number of halogens is 4. The van der Waals surface area contributed by atoms with Gasteiger partial charge in [-0.15, -0.1) is 0 Å². The Morgan fingerprint density at radius 3 is 1.74 bits per heavy atom. The number of nitrogens with one attached hydrogen (secondary N) is 1. The van der Waals surface area contributed by atoms with Gasteiger partial charge in [0.2, 0.25) is 0 Å². The third-order valence-electron chi connectivity index (χ3n) is 5.11. The highest BCUT2D eigenvalue weighted by Gasteiger charge is 2.35. The Bertz CT molecular complexity index is 1050. The first-order valence-corrected chi connectivity index (χ1v) is 12.0. The molecule has 3 nitrogen and oxygen atoms in total. The van der Waals surface area contributed by atoms with Gasteiger partial charge in [0, 0.05) is 0 Å². The van der Waals surface area contributed by atoms with Crippen molar-refractivity contribution in [2.24, 2.45) is 0 Å². The van der Waals surface area contributed by atoms with Crippen molar-refractivity contribution in [3.05, 3.63) is 57.1 Å². The van der Waals surface area contributed by atoms with Crippen molar-refractivity contribution < 1.29 is 21.6 Å². The van der Waals surface area contributed by atoms with Crippen LogP contribution in [0.5, 0.6) is 0 Å². The molecule has 0 radical (unpaired) electrons. The molecule has 2 aromatic carbocycles. The summed E-state index contributed by atoms with van der Waals surface area (Å²) in [6.07, 6.45) is -4.70. The van der Waals surface area contributed by atoms with Crippen molar-refractivity contribution in [2.75, 3.05) is 4.72 Å². The number of benzene rings is 2. The molecular weight excluding hydrogens is 447 g/mol. The van der Waals surface area contributed by atoms with Crippen molar-refractivity contribution in [1.82, 2.24) is 0 Å². The van der Waals surface area contributed by atoms with Crippen molar-refractivity contribution in [2.45, 2.75) is 77.3 Å². The van der Waals surface area contributed by atoms with E-state index in [2.05, 4.69) is 4.72 Å². The second-order valence-corrected chi connectivity index (χ2v) is 10.8. The van der Waals surface area contributed by atoms with Crippen molar-refractivity contribution in [3.63, 3.8) is 0 Å². The maximum atomic E-state index is 13.5. The number of anilines is 1. The minimum absolute atomic E-state index is 0.105. The summed E-state index contributed by atoms with van der Waals surface area (Å²) in [5.41, 5.74) is 1.16. The molecule has 0 amide bonds. The lowest BCUT2D eigenvalue weighted by Crippen LogP contribution is -2.20. The van der Waals surface area contributed by atoms with E-state index in [1.54, 1.807) is 0 Å². The fraction of sp³-hybridized carbons (Fsp3) is 0.478. The van der Waals surface area contributed by atoms with E-state index in [4.69, 9.17) is 11.6 Å². The number of sulfonamides is 1. The zero-order chi connectivity index (χ0) is 23.9. The highest BCUT2D eigenvalue weighted by atomic mass is 35.5. The molecule has 0 aliphatic rings. The molecule has 0 bridgehead atoms. The Kier molecular flexibility index (Phi) is 7.43. The smallest absolute Gasteiger partial charge is 0.278 e. The summed E-state index contributed by atoms with van der Waals surface area (Å²) in [6.45, 7) is 13.1. The van der Waals surface area contributed by atoms with Gasteiger partial charge >= 0.3 is 6.18 Å². The monoisotopic (exact) mass is 475 g/mol. The molecule has 0 atom stereocenters. The summed E-state index contributed by atoms with van der Waals surface area (Å²) in [6, 6.07) is 5.95. The van der Waals surface area contributed by atoms with E-state index in [1.807, 2.05) is 53.7 Å². The largest absolute Gasteiger partial charge is 0.417 e. The third-order valence-corrected chi connectivity index (χ3v) is 7.02. The van der Waals surface area contributed by atoms with Crippen molar-refractivity contribution >= 4 is 27.3 Å². The van der Waals surface area contributed by atoms with E-state index in [-0.39, 0.29) is 33.9 Å². The molecule has 8 heteroatoms. The highest BCUT2D eigenvalue weighted by molar-refractivity contribution is 7.92. The molecule has 0 aliphatic carbocycles. The van der Waals surface area contributed by atoms with Crippen LogP contribution in [-0.2, 0) is 16.2 Å². The third kappa shape index (κ3) is 5.55. The lowest BCUT2D eigenvalue weighted by Gasteiger charge is -2.24. The number of hydrogen-bond donors (Lipinski definition) is 1. The maximum absolute atomic E-state index is 13.5. The Hall–Kier alpha value is -1.73. The normalized spacial score (nSPS) is 12.8. The molecule has 0 fully saturated rings. The number of alkyl halides is 3. The SMILES string of the molecule is Cc1cc(NS(=O)(=O)c2c(C(C)C)cc(C(C)C)cc2C(C)C)c(Cl)c(C(F)(F)F)c1. The molecule has 31 heavy (non-hydrogen) atoms. The first kappa shape index (κ1) is 25.5. The number of hydrogen-bond acceptors (Lipinski definition) is 2. The van der Waals surface area contributed by atoms with Gasteiger partial charge in [-0.05, 0) is 59.1 Å². The van der Waals surface area contributed by atoms with Crippen LogP contribution in [0.3, 0.4) is 0 Å². The van der Waals surface area contributed by atoms with Crippen LogP contribution in [0.15, 0.2) is 29.2 Å². The molecule has 0 unspecified atom stereocenters. The predicted molar refractivity (Wildman–Crippen MR) is 121 cm³/mol. The molecule has 2 aromatic rings. The van der Waals surface area contributed by atoms with Crippen LogP contribution in [0.25, 0.3) is 0 Å². The zero-order valence-electron chi connectivity index (χ0n) is 18.8. The second-order valence-electron chi connectivity index (χ2n) is 8.77. The van der Waals surface area contributed by atoms with Crippen LogP contribution in [0, 0.1) is 6.92 Å². The van der Waals surface area contributed by atoms with E-state index in [0.717, 1.165) is 11.6 Å². The van der Waals surface area contributed by atoms with Gasteiger partial charge < -0.3 is 0 Å². The molecule has 0 aliphatic heterocycles. The molecular formula is C23H29ClF3NO2S. The minimum Gasteiger partial charge on any atom is -0.278 e. The van der Waals surface area contributed by atoms with Crippen LogP contribution >= 0.6 is 11.6 Å². The fourth-order valence-corrected chi connectivity index (χ4v) is 5.53. The number of aryl methyl sites for hydroxylation is 1. The molecule has 1 N–H and O–H groups in total. The van der Waals surface area contributed by atoms with Gasteiger partial charge in [0.25, 0.3) is 10.0 Å². The fourth-order valence-electron chi connectivity index (χ4n) is 3.45. The summed E-state index contributed by atoms with van der Waals surface area (Å²) in [5.74, 6) is -0.0248. The van der Waals surface area contributed by atoms with Gasteiger partial charge in [-0.2, -0.15) is 13.2 Å². The van der Waals surface area contributed by atoms with Crippen LogP contribution in [-0.4, -0.2) is 8.42 Å². The maximum Gasteiger partial charge on any atom is 0.417 e. The van der Waals surface area contributed by atoms with Crippen molar-refractivity contribution in [3.8, 4) is 0 Å². The number of rotatable bonds is 6. The summed E-state index contributed by atoms with van der Waals surface area (Å²) in [5, 5.41) is -0.669. The van der Waals surface area contributed by atoms with E-state index in [9.17, 15) is 21.6 Å². The van der Waals surface area contributed by atoms with E-state index in [0.29, 0.717) is 11.1 Å². The molecule has 0 heterocycles. The van der Waals surface area contributed by atoms with Crippen LogP contribution in [0.1, 0.15) is 87.1 Å². The van der Waals surface area contributed by atoms with E-state index < -0.39 is 26.8 Å². The summed E-state index contributed by atoms with van der Waals surface area (Å²) >= 11 is 5.98. The average molecular weight is 476 g/mol. The molecule has 2 rings (SSSR count). The lowest BCUT2D eigenvalue weighted by molar-refractivity contribution is -0.137. The average Bonchev–Trinajstić information content (AvgIpc) is 2.61. The van der Waals surface area contributed by atoms with Gasteiger partial charge in [0.1, 0.15) is 0 Å². The van der Waals surface area contributed by atoms with Crippen LogP contribution in [0.4, 0.5) is 18.9 Å². The zero-order valence-corrected chi connectivity index (χ0v) is 20.4. The Morgan fingerprint density at radius 1 is 0.871 bits per heavy atom. The lowest BCUT2D eigenvalue weighted by atomic mass is 9.89. The summed E-state index contributed by atoms with van der Waals surface area (Å²) in [7, 11) is -4.21. The first-order chi connectivity index (χ1) is 14.1. The first-order valence-electron chi connectivity index (χ1n) is 10.1. The second kappa shape index (κ2) is 9.02. The van der Waals surface area contributed by atoms with Gasteiger partial charge in [0.05, 0.1) is 21.2 Å². The minimum atomic E-state index is -4.70. The van der Waals surface area contributed by atoms with Gasteiger partial charge in [-0.3, -0.25) is 4.72 Å².